The maximum absolute atomic E-state index is 12.5. The first-order valence-corrected chi connectivity index (χ1v) is 7.96. The van der Waals surface area contributed by atoms with Crippen LogP contribution in [0.5, 0.6) is 5.75 Å². The second-order valence-corrected chi connectivity index (χ2v) is 5.85. The largest absolute Gasteiger partial charge is 0.489 e. The summed E-state index contributed by atoms with van der Waals surface area (Å²) < 4.78 is 5.92. The van der Waals surface area contributed by atoms with Gasteiger partial charge in [0.1, 0.15) is 19.5 Å². The van der Waals surface area contributed by atoms with E-state index in [2.05, 4.69) is 5.16 Å². The second kappa shape index (κ2) is 8.29. The quantitative estimate of drug-likeness (QED) is 0.567. The van der Waals surface area contributed by atoms with Gasteiger partial charge in [-0.1, -0.05) is 61.5 Å². The molecule has 0 aliphatic carbocycles. The zero-order chi connectivity index (χ0) is 17.5. The van der Waals surface area contributed by atoms with Crippen molar-refractivity contribution in [3.8, 4) is 5.75 Å². The lowest BCUT2D eigenvalue weighted by molar-refractivity contribution is -0.115. The lowest BCUT2D eigenvalue weighted by atomic mass is 9.95. The minimum Gasteiger partial charge on any atom is -0.489 e. The molecule has 4 nitrogen and oxygen atoms in total. The molecule has 0 aliphatic heterocycles. The summed E-state index contributed by atoms with van der Waals surface area (Å²) in [5.74, 6) is 0.608. The van der Waals surface area contributed by atoms with Gasteiger partial charge in [0.05, 0.1) is 0 Å². The molecule has 0 N–H and O–H groups in total. The van der Waals surface area contributed by atoms with E-state index in [-0.39, 0.29) is 11.7 Å². The zero-order valence-electron chi connectivity index (χ0n) is 14.6. The lowest BCUT2D eigenvalue weighted by Crippen LogP contribution is -2.23. The van der Waals surface area contributed by atoms with Gasteiger partial charge in [-0.2, -0.15) is 0 Å². The monoisotopic (exact) mass is 325 g/mol. The number of Topliss-reactive ketones (excluding diaryl/α,β-unsaturated/α-hetero) is 1. The average Bonchev–Trinajstić information content (AvgIpc) is 2.59. The van der Waals surface area contributed by atoms with E-state index < -0.39 is 0 Å². The van der Waals surface area contributed by atoms with Crippen LogP contribution in [0.25, 0.3) is 0 Å². The molecule has 2 rings (SSSR count). The van der Waals surface area contributed by atoms with Crippen molar-refractivity contribution in [1.29, 1.82) is 0 Å². The van der Waals surface area contributed by atoms with Gasteiger partial charge in [0.15, 0.2) is 11.5 Å². The Balaban J connectivity index is 2.31. The number of ether oxygens (including phenoxy) is 1. The predicted octanol–water partition coefficient (Wildman–Crippen LogP) is 4.15. The van der Waals surface area contributed by atoms with Gasteiger partial charge in [0.2, 0.25) is 0 Å². The minimum absolute atomic E-state index is 0.0554. The molecule has 0 amide bonds. The number of ketones is 1. The smallest absolute Gasteiger partial charge is 0.187 e. The number of carbonyl (C=O) groups excluding carboxylic acids is 1. The number of para-hydroxylation sites is 1. The van der Waals surface area contributed by atoms with E-state index in [0.717, 1.165) is 22.4 Å². The maximum Gasteiger partial charge on any atom is 0.187 e. The molecule has 0 saturated carbocycles. The van der Waals surface area contributed by atoms with Crippen LogP contribution in [0.3, 0.4) is 0 Å². The molecule has 2 aromatic rings. The molecule has 24 heavy (non-hydrogen) atoms. The van der Waals surface area contributed by atoms with Crippen LogP contribution < -0.4 is 4.74 Å². The van der Waals surface area contributed by atoms with Crippen molar-refractivity contribution < 1.29 is 14.4 Å². The predicted molar refractivity (Wildman–Crippen MR) is 95.3 cm³/mol. The maximum atomic E-state index is 12.5. The van der Waals surface area contributed by atoms with Gasteiger partial charge in [-0.3, -0.25) is 4.79 Å². The highest BCUT2D eigenvalue weighted by molar-refractivity contribution is 6.46. The number of oxime groups is 1. The summed E-state index contributed by atoms with van der Waals surface area (Å²) in [6.45, 7) is 6.05. The van der Waals surface area contributed by atoms with E-state index in [1.54, 1.807) is 0 Å². The normalized spacial score (nSPS) is 11.5. The third-order valence-corrected chi connectivity index (χ3v) is 3.69. The van der Waals surface area contributed by atoms with Crippen LogP contribution >= 0.6 is 0 Å². The van der Waals surface area contributed by atoms with Gasteiger partial charge in [-0.25, -0.2) is 0 Å². The fourth-order valence-electron chi connectivity index (χ4n) is 2.34. The van der Waals surface area contributed by atoms with Gasteiger partial charge in [-0.15, -0.1) is 0 Å². The Morgan fingerprint density at radius 2 is 1.75 bits per heavy atom. The molecule has 0 atom stereocenters. The average molecular weight is 325 g/mol. The molecule has 0 saturated heterocycles. The fourth-order valence-corrected chi connectivity index (χ4v) is 2.34. The van der Waals surface area contributed by atoms with Crippen LogP contribution in [0, 0.1) is 12.8 Å². The van der Waals surface area contributed by atoms with Crippen molar-refractivity contribution >= 4 is 11.5 Å². The lowest BCUT2D eigenvalue weighted by Gasteiger charge is -2.14. The summed E-state index contributed by atoms with van der Waals surface area (Å²) in [4.78, 5) is 17.4. The van der Waals surface area contributed by atoms with E-state index in [4.69, 9.17) is 9.57 Å². The summed E-state index contributed by atoms with van der Waals surface area (Å²) in [6.07, 6.45) is 0. The number of benzene rings is 2. The summed E-state index contributed by atoms with van der Waals surface area (Å²) in [6, 6.07) is 15.5. The molecule has 0 aromatic heterocycles. The highest BCUT2D eigenvalue weighted by Gasteiger charge is 2.21. The highest BCUT2D eigenvalue weighted by atomic mass is 16.6. The van der Waals surface area contributed by atoms with E-state index in [0.29, 0.717) is 12.3 Å². The van der Waals surface area contributed by atoms with Crippen LogP contribution in [0.1, 0.15) is 30.5 Å². The molecular formula is C20H23NO3. The van der Waals surface area contributed by atoms with Gasteiger partial charge in [-0.05, 0) is 24.1 Å². The van der Waals surface area contributed by atoms with E-state index in [9.17, 15) is 4.79 Å². The Kier molecular flexibility index (Phi) is 6.13. The first-order valence-electron chi connectivity index (χ1n) is 7.96. The molecule has 0 heterocycles. The van der Waals surface area contributed by atoms with Crippen molar-refractivity contribution in [2.24, 2.45) is 11.1 Å². The molecule has 4 heteroatoms. The third-order valence-electron chi connectivity index (χ3n) is 3.69. The van der Waals surface area contributed by atoms with Crippen LogP contribution in [0.2, 0.25) is 0 Å². The molecule has 126 valence electrons. The summed E-state index contributed by atoms with van der Waals surface area (Å²) in [5, 5.41) is 3.96. The second-order valence-electron chi connectivity index (χ2n) is 5.85. The first kappa shape index (κ1) is 17.7. The standard InChI is InChI=1S/C20H23NO3/c1-14(2)20(22)19(21-23-4)17-11-7-6-10-16(17)13-24-18-12-8-5-9-15(18)3/h5-12,14H,13H2,1-4H3. The molecule has 0 aliphatic rings. The molecule has 0 fully saturated rings. The molecule has 0 radical (unpaired) electrons. The minimum atomic E-state index is -0.163. The zero-order valence-corrected chi connectivity index (χ0v) is 14.6. The van der Waals surface area contributed by atoms with Crippen molar-refractivity contribution in [2.75, 3.05) is 7.11 Å². The van der Waals surface area contributed by atoms with Crippen LogP contribution in [0.15, 0.2) is 53.7 Å². The number of carbonyl (C=O) groups is 1. The summed E-state index contributed by atoms with van der Waals surface area (Å²) >= 11 is 0. The molecule has 0 unspecified atom stereocenters. The highest BCUT2D eigenvalue weighted by Crippen LogP contribution is 2.20. The first-order chi connectivity index (χ1) is 11.5. The van der Waals surface area contributed by atoms with Gasteiger partial charge < -0.3 is 9.57 Å². The van der Waals surface area contributed by atoms with Gasteiger partial charge in [0, 0.05) is 11.5 Å². The van der Waals surface area contributed by atoms with E-state index in [1.165, 1.54) is 7.11 Å². The number of hydrogen-bond acceptors (Lipinski definition) is 4. The fraction of sp³-hybridized carbons (Fsp3) is 0.300. The number of hydrogen-bond donors (Lipinski definition) is 0. The number of nitrogens with zero attached hydrogens (tertiary/aromatic N) is 1. The van der Waals surface area contributed by atoms with Crippen LogP contribution in [-0.4, -0.2) is 18.6 Å². The Bertz CT molecular complexity index is 735. The van der Waals surface area contributed by atoms with Crippen LogP contribution in [0.4, 0.5) is 0 Å². The van der Waals surface area contributed by atoms with E-state index in [1.807, 2.05) is 69.3 Å². The van der Waals surface area contributed by atoms with Crippen molar-refractivity contribution in [3.05, 3.63) is 65.2 Å². The Morgan fingerprint density at radius 1 is 1.08 bits per heavy atom. The van der Waals surface area contributed by atoms with Crippen molar-refractivity contribution in [3.63, 3.8) is 0 Å². The van der Waals surface area contributed by atoms with Crippen molar-refractivity contribution in [2.45, 2.75) is 27.4 Å². The number of aryl methyl sites for hydroxylation is 1. The Hall–Kier alpha value is -2.62. The SMILES string of the molecule is CON=C(C(=O)C(C)C)c1ccccc1COc1ccccc1C. The summed E-state index contributed by atoms with van der Waals surface area (Å²) in [5.41, 5.74) is 3.03. The van der Waals surface area contributed by atoms with Crippen LogP contribution in [-0.2, 0) is 16.2 Å². The molecular weight excluding hydrogens is 302 g/mol. The van der Waals surface area contributed by atoms with Gasteiger partial charge in [0.25, 0.3) is 0 Å². The third kappa shape index (κ3) is 4.22. The van der Waals surface area contributed by atoms with E-state index >= 15 is 0 Å². The molecule has 0 bridgehead atoms. The number of rotatable bonds is 7. The molecule has 0 spiro atoms. The summed E-state index contributed by atoms with van der Waals surface area (Å²) in [7, 11) is 1.44. The van der Waals surface area contributed by atoms with Gasteiger partial charge >= 0.3 is 0 Å². The Morgan fingerprint density at radius 3 is 2.42 bits per heavy atom. The Labute approximate surface area is 143 Å². The van der Waals surface area contributed by atoms with Crippen molar-refractivity contribution in [1.82, 2.24) is 0 Å². The molecule has 2 aromatic carbocycles. The topological polar surface area (TPSA) is 47.9 Å².